The molecule has 0 amide bonds. The second-order valence-electron chi connectivity index (χ2n) is 8.66. The molecule has 4 rings (SSSR count). The van der Waals surface area contributed by atoms with Crippen molar-refractivity contribution in [3.63, 3.8) is 0 Å². The Morgan fingerprint density at radius 1 is 1.06 bits per heavy atom. The third kappa shape index (κ3) is 5.89. The van der Waals surface area contributed by atoms with Crippen molar-refractivity contribution < 1.29 is 5.11 Å². The van der Waals surface area contributed by atoms with Crippen molar-refractivity contribution >= 4 is 22.8 Å². The van der Waals surface area contributed by atoms with E-state index in [0.717, 1.165) is 68.9 Å². The molecule has 0 aliphatic carbocycles. The van der Waals surface area contributed by atoms with Crippen LogP contribution in [0.3, 0.4) is 0 Å². The van der Waals surface area contributed by atoms with Gasteiger partial charge in [0.1, 0.15) is 11.3 Å². The number of pyridine rings is 1. The number of nitrogens with two attached hydrogens (primary N) is 1. The highest BCUT2D eigenvalue weighted by molar-refractivity contribution is 5.89. The molecule has 4 N–H and O–H groups in total. The van der Waals surface area contributed by atoms with E-state index < -0.39 is 0 Å². The molecule has 0 spiro atoms. The Labute approximate surface area is 194 Å². The van der Waals surface area contributed by atoms with Gasteiger partial charge in [-0.2, -0.15) is 4.98 Å². The second-order valence-corrected chi connectivity index (χ2v) is 8.66. The average Bonchev–Trinajstić information content (AvgIpc) is 2.83. The summed E-state index contributed by atoms with van der Waals surface area (Å²) < 4.78 is 0. The highest BCUT2D eigenvalue weighted by atomic mass is 16.3. The van der Waals surface area contributed by atoms with Crippen molar-refractivity contribution in [2.75, 3.05) is 50.9 Å². The van der Waals surface area contributed by atoms with Crippen LogP contribution < -0.4 is 11.1 Å². The fraction of sp³-hybridized carbons (Fsp3) is 0.522. The monoisotopic (exact) mass is 451 g/mol. The molecule has 4 heterocycles. The number of piperazine rings is 1. The maximum atomic E-state index is 9.71. The number of hydrogen-bond acceptors (Lipinski definition) is 10. The molecule has 0 bridgehead atoms. The largest absolute Gasteiger partial charge is 0.394 e. The van der Waals surface area contributed by atoms with Gasteiger partial charge < -0.3 is 21.1 Å². The Morgan fingerprint density at radius 2 is 1.79 bits per heavy atom. The van der Waals surface area contributed by atoms with E-state index in [4.69, 9.17) is 5.73 Å². The summed E-state index contributed by atoms with van der Waals surface area (Å²) in [5.41, 5.74) is 8.95. The number of nitrogens with zero attached hydrogens (tertiary/aromatic N) is 7. The summed E-state index contributed by atoms with van der Waals surface area (Å²) in [6.45, 7) is 7.10. The molecule has 0 saturated carbocycles. The van der Waals surface area contributed by atoms with Crippen LogP contribution in [-0.2, 0) is 6.54 Å². The summed E-state index contributed by atoms with van der Waals surface area (Å²) in [6.07, 6.45) is 8.34. The summed E-state index contributed by atoms with van der Waals surface area (Å²) in [5.74, 6) is 1.52. The number of aliphatic hydroxyl groups is 1. The molecule has 0 radical (unpaired) electrons. The van der Waals surface area contributed by atoms with Crippen LogP contribution in [-0.4, -0.2) is 85.7 Å². The van der Waals surface area contributed by atoms with Gasteiger partial charge in [0.2, 0.25) is 5.95 Å². The molecule has 3 aromatic heterocycles. The number of anilines is 2. The molecule has 3 aromatic rings. The van der Waals surface area contributed by atoms with Gasteiger partial charge in [-0.05, 0) is 19.5 Å². The van der Waals surface area contributed by atoms with Crippen LogP contribution in [0.25, 0.3) is 22.2 Å². The molecule has 1 saturated heterocycles. The maximum absolute atomic E-state index is 9.71. The first-order valence-corrected chi connectivity index (χ1v) is 11.6. The number of aromatic nitrogens is 5. The number of likely N-dealkylation sites (N-methyl/N-ethyl adjacent to an activating group) is 1. The quantitative estimate of drug-likeness (QED) is 0.442. The molecule has 0 aromatic carbocycles. The number of aliphatic hydroxyl groups excluding tert-OH is 1. The van der Waals surface area contributed by atoms with Crippen LogP contribution in [0.2, 0.25) is 0 Å². The van der Waals surface area contributed by atoms with Crippen molar-refractivity contribution in [2.45, 2.75) is 38.8 Å². The van der Waals surface area contributed by atoms with E-state index in [2.05, 4.69) is 54.0 Å². The predicted octanol–water partition coefficient (Wildman–Crippen LogP) is 1.77. The zero-order valence-electron chi connectivity index (χ0n) is 19.4. The molecule has 176 valence electrons. The second kappa shape index (κ2) is 10.8. The van der Waals surface area contributed by atoms with Gasteiger partial charge in [-0.15, -0.1) is 0 Å². The van der Waals surface area contributed by atoms with Gasteiger partial charge in [-0.25, -0.2) is 15.0 Å². The van der Waals surface area contributed by atoms with E-state index in [1.165, 1.54) is 0 Å². The molecule has 1 aliphatic heterocycles. The lowest BCUT2D eigenvalue weighted by molar-refractivity contribution is 0.145. The lowest BCUT2D eigenvalue weighted by atomic mass is 10.1. The normalized spacial score (nSPS) is 16.2. The molecule has 1 fully saturated rings. The standard InChI is InChI=1S/C23H33N9O/c1-3-4-5-18(15-33)28-22-21-19(29-23(24)30-22)10-16(11-27-21)17-12-25-20(26-13-17)14-32-8-6-31(2)7-9-32/h10-13,18,33H,3-9,14-15H2,1-2H3,(H3,24,28,29,30). The first-order chi connectivity index (χ1) is 16.1. The topological polar surface area (TPSA) is 129 Å². The molecule has 1 unspecified atom stereocenters. The summed E-state index contributed by atoms with van der Waals surface area (Å²) >= 11 is 0. The van der Waals surface area contributed by atoms with Gasteiger partial charge in [0.05, 0.1) is 24.7 Å². The van der Waals surface area contributed by atoms with Gasteiger partial charge >= 0.3 is 0 Å². The highest BCUT2D eigenvalue weighted by Crippen LogP contribution is 2.25. The summed E-state index contributed by atoms with van der Waals surface area (Å²) in [6, 6.07) is 1.81. The third-order valence-electron chi connectivity index (χ3n) is 6.02. The van der Waals surface area contributed by atoms with E-state index in [-0.39, 0.29) is 18.6 Å². The van der Waals surface area contributed by atoms with Crippen molar-refractivity contribution in [3.8, 4) is 11.1 Å². The first-order valence-electron chi connectivity index (χ1n) is 11.6. The Balaban J connectivity index is 1.51. The molecular weight excluding hydrogens is 418 g/mol. The first kappa shape index (κ1) is 23.2. The van der Waals surface area contributed by atoms with Crippen LogP contribution in [0, 0.1) is 0 Å². The Hall–Kier alpha value is -2.95. The number of hydrogen-bond donors (Lipinski definition) is 3. The fourth-order valence-electron chi connectivity index (χ4n) is 3.94. The molecule has 33 heavy (non-hydrogen) atoms. The minimum Gasteiger partial charge on any atom is -0.394 e. The molecule has 10 nitrogen and oxygen atoms in total. The van der Waals surface area contributed by atoms with E-state index in [0.29, 0.717) is 16.9 Å². The lowest BCUT2D eigenvalue weighted by Gasteiger charge is -2.31. The van der Waals surface area contributed by atoms with E-state index >= 15 is 0 Å². The smallest absolute Gasteiger partial charge is 0.222 e. The van der Waals surface area contributed by atoms with Crippen LogP contribution in [0.4, 0.5) is 11.8 Å². The van der Waals surface area contributed by atoms with Crippen molar-refractivity contribution in [2.24, 2.45) is 0 Å². The number of rotatable bonds is 9. The number of fused-ring (bicyclic) bond motifs is 1. The predicted molar refractivity (Wildman–Crippen MR) is 130 cm³/mol. The summed E-state index contributed by atoms with van der Waals surface area (Å²) in [5, 5.41) is 13.0. The van der Waals surface area contributed by atoms with Crippen molar-refractivity contribution in [1.82, 2.24) is 34.7 Å². The lowest BCUT2D eigenvalue weighted by Crippen LogP contribution is -2.44. The number of nitrogens with one attached hydrogen (secondary N) is 1. The van der Waals surface area contributed by atoms with Gasteiger partial charge in [-0.1, -0.05) is 19.8 Å². The van der Waals surface area contributed by atoms with Gasteiger partial charge in [0.15, 0.2) is 5.82 Å². The van der Waals surface area contributed by atoms with Crippen molar-refractivity contribution in [3.05, 3.63) is 30.5 Å². The minimum atomic E-state index is -0.106. The highest BCUT2D eigenvalue weighted by Gasteiger charge is 2.16. The van der Waals surface area contributed by atoms with Crippen LogP contribution in [0.5, 0.6) is 0 Å². The third-order valence-corrected chi connectivity index (χ3v) is 6.02. The zero-order chi connectivity index (χ0) is 23.2. The van der Waals surface area contributed by atoms with E-state index in [1.54, 1.807) is 6.20 Å². The van der Waals surface area contributed by atoms with Gasteiger partial charge in [0, 0.05) is 55.9 Å². The van der Waals surface area contributed by atoms with Gasteiger partial charge in [0.25, 0.3) is 0 Å². The molecule has 10 heteroatoms. The summed E-state index contributed by atoms with van der Waals surface area (Å²) in [4.78, 5) is 27.1. The SMILES string of the molecule is CCCCC(CO)Nc1nc(N)nc2cc(-c3cnc(CN4CCN(C)CC4)nc3)cnc12. The van der Waals surface area contributed by atoms with Crippen LogP contribution in [0.1, 0.15) is 32.0 Å². The Kier molecular flexibility index (Phi) is 7.58. The number of unbranched alkanes of at least 4 members (excludes halogenated alkanes) is 1. The minimum absolute atomic E-state index is 0.0152. The summed E-state index contributed by atoms with van der Waals surface area (Å²) in [7, 11) is 2.15. The maximum Gasteiger partial charge on any atom is 0.222 e. The van der Waals surface area contributed by atoms with E-state index in [9.17, 15) is 5.11 Å². The average molecular weight is 452 g/mol. The fourth-order valence-corrected chi connectivity index (χ4v) is 3.94. The molecular formula is C23H33N9O. The molecule has 1 aliphatic rings. The van der Waals surface area contributed by atoms with Crippen LogP contribution in [0.15, 0.2) is 24.7 Å². The van der Waals surface area contributed by atoms with Gasteiger partial charge in [-0.3, -0.25) is 9.88 Å². The Bertz CT molecular complexity index is 1050. The Morgan fingerprint density at radius 3 is 2.48 bits per heavy atom. The molecule has 1 atom stereocenters. The van der Waals surface area contributed by atoms with E-state index in [1.807, 2.05) is 18.5 Å². The zero-order valence-corrected chi connectivity index (χ0v) is 19.4. The number of nitrogen functional groups attached to an aromatic ring is 1. The van der Waals surface area contributed by atoms with Crippen LogP contribution >= 0.6 is 0 Å². The van der Waals surface area contributed by atoms with Crippen molar-refractivity contribution in [1.29, 1.82) is 0 Å².